The lowest BCUT2D eigenvalue weighted by atomic mass is 9.81. The lowest BCUT2D eigenvalue weighted by Crippen LogP contribution is -2.32. The van der Waals surface area contributed by atoms with E-state index in [1.165, 1.54) is 12.3 Å². The summed E-state index contributed by atoms with van der Waals surface area (Å²) in [5, 5.41) is 0. The fourth-order valence-corrected chi connectivity index (χ4v) is 2.50. The minimum absolute atomic E-state index is 0.276. The fourth-order valence-electron chi connectivity index (χ4n) is 2.50. The van der Waals surface area contributed by atoms with Crippen molar-refractivity contribution in [2.45, 2.75) is 46.8 Å². The Morgan fingerprint density at radius 3 is 2.29 bits per heavy atom. The van der Waals surface area contributed by atoms with E-state index in [2.05, 4.69) is 0 Å². The quantitative estimate of drug-likeness (QED) is 0.679. The Morgan fingerprint density at radius 1 is 1.05 bits per heavy atom. The van der Waals surface area contributed by atoms with Gasteiger partial charge in [0.2, 0.25) is 5.69 Å². The Labute approximate surface area is 135 Å². The van der Waals surface area contributed by atoms with Crippen molar-refractivity contribution in [2.75, 3.05) is 0 Å². The van der Waals surface area contributed by atoms with Crippen molar-refractivity contribution in [3.63, 3.8) is 0 Å². The van der Waals surface area contributed by atoms with Crippen LogP contribution in [0.4, 0.5) is 4.39 Å². The average Bonchev–Trinajstić information content (AvgIpc) is 2.46. The van der Waals surface area contributed by atoms with Gasteiger partial charge in [-0.15, -0.1) is 0 Å². The monoisotopic (exact) mass is 292 g/mol. The second-order valence-corrected chi connectivity index (χ2v) is 6.49. The highest BCUT2D eigenvalue weighted by Gasteiger charge is 2.22. The molecular weight excluding hydrogens is 261 g/mol. The zero-order valence-electron chi connectivity index (χ0n) is 19.1. The average molecular weight is 292 g/mol. The van der Waals surface area contributed by atoms with Gasteiger partial charge in [-0.25, -0.2) is 8.96 Å². The summed E-state index contributed by atoms with van der Waals surface area (Å²) in [5.74, 6) is -0.806. The van der Waals surface area contributed by atoms with Gasteiger partial charge in [0.25, 0.3) is 0 Å². The third-order valence-corrected chi connectivity index (χ3v) is 3.67. The predicted molar refractivity (Wildman–Crippen MR) is 85.9 cm³/mol. The maximum atomic E-state index is 14.5. The largest absolute Gasteiger partial charge is 0.215 e. The van der Waals surface area contributed by atoms with E-state index in [4.69, 9.17) is 8.22 Å². The predicted octanol–water partition coefficient (Wildman–Crippen LogP) is 4.54. The molecule has 0 bridgehead atoms. The van der Waals surface area contributed by atoms with Crippen molar-refractivity contribution in [3.05, 3.63) is 52.5 Å². The lowest BCUT2D eigenvalue weighted by molar-refractivity contribution is -0.661. The molecule has 0 fully saturated rings. The Kier molecular flexibility index (Phi) is 2.34. The molecule has 0 saturated carbocycles. The lowest BCUT2D eigenvalue weighted by Gasteiger charge is -2.23. The third kappa shape index (κ3) is 2.99. The Morgan fingerprint density at radius 2 is 1.71 bits per heavy atom. The van der Waals surface area contributed by atoms with E-state index in [1.54, 1.807) is 30.7 Å². The van der Waals surface area contributed by atoms with Gasteiger partial charge in [0, 0.05) is 25.4 Å². The van der Waals surface area contributed by atoms with Crippen LogP contribution < -0.4 is 4.57 Å². The van der Waals surface area contributed by atoms with Crippen LogP contribution in [0.1, 0.15) is 51.2 Å². The SMILES string of the molecule is [2H]C([2H])([2H])c1c[n+](C)c(-c2cc(C(C)(C)C)c(C([2H])([2H])[2H])cc2C)cc1F. The van der Waals surface area contributed by atoms with E-state index in [-0.39, 0.29) is 11.1 Å². The second-order valence-electron chi connectivity index (χ2n) is 6.49. The minimum atomic E-state index is -2.54. The zero-order valence-corrected chi connectivity index (χ0v) is 13.1. The summed E-state index contributed by atoms with van der Waals surface area (Å²) in [5.41, 5.74) is 2.00. The Hall–Kier alpha value is -1.70. The molecular formula is C19H25FN+. The molecule has 2 rings (SSSR count). The van der Waals surface area contributed by atoms with Gasteiger partial charge < -0.3 is 0 Å². The molecule has 0 atom stereocenters. The maximum absolute atomic E-state index is 14.5. The molecule has 0 unspecified atom stereocenters. The summed E-state index contributed by atoms with van der Waals surface area (Å²) in [6.45, 7) is 2.74. The third-order valence-electron chi connectivity index (χ3n) is 3.67. The van der Waals surface area contributed by atoms with Gasteiger partial charge in [-0.2, -0.15) is 0 Å². The molecule has 0 radical (unpaired) electrons. The molecule has 2 aromatic rings. The van der Waals surface area contributed by atoms with Gasteiger partial charge in [-0.1, -0.05) is 26.8 Å². The van der Waals surface area contributed by atoms with Crippen molar-refractivity contribution >= 4 is 0 Å². The Balaban J connectivity index is 2.79. The van der Waals surface area contributed by atoms with Crippen LogP contribution in [0.25, 0.3) is 11.3 Å². The second kappa shape index (κ2) is 5.25. The molecule has 1 nitrogen and oxygen atoms in total. The van der Waals surface area contributed by atoms with E-state index in [1.807, 2.05) is 20.8 Å². The maximum Gasteiger partial charge on any atom is 0.215 e. The number of halogens is 1. The minimum Gasteiger partial charge on any atom is -0.206 e. The number of aryl methyl sites for hydroxylation is 4. The van der Waals surface area contributed by atoms with E-state index in [0.717, 1.165) is 0 Å². The topological polar surface area (TPSA) is 3.88 Å². The number of pyridine rings is 1. The number of hydrogen-bond donors (Lipinski definition) is 0. The molecule has 0 amide bonds. The van der Waals surface area contributed by atoms with Crippen LogP contribution in [-0.2, 0) is 12.5 Å². The standard InChI is InChI=1S/C19H25FN/c1-12-8-13(2)16(19(4,5)6)9-15(12)18-10-17(20)14(3)11-21(18)7/h8-11H,1-7H3/q+1/i2D3,3D3. The number of aromatic nitrogens is 1. The van der Waals surface area contributed by atoms with Crippen molar-refractivity contribution in [2.24, 2.45) is 7.05 Å². The van der Waals surface area contributed by atoms with Crippen LogP contribution in [0.3, 0.4) is 0 Å². The van der Waals surface area contributed by atoms with Crippen molar-refractivity contribution < 1.29 is 17.2 Å². The highest BCUT2D eigenvalue weighted by Crippen LogP contribution is 2.32. The van der Waals surface area contributed by atoms with Crippen LogP contribution in [-0.4, -0.2) is 0 Å². The number of rotatable bonds is 1. The van der Waals surface area contributed by atoms with Gasteiger partial charge in [-0.05, 0) is 48.8 Å². The molecule has 1 aromatic heterocycles. The Bertz CT molecular complexity index is 876. The zero-order chi connectivity index (χ0) is 20.9. The van der Waals surface area contributed by atoms with Crippen molar-refractivity contribution in [1.82, 2.24) is 0 Å². The molecule has 0 saturated heterocycles. The number of nitrogens with zero attached hydrogens (tertiary/aromatic N) is 1. The molecule has 2 heteroatoms. The van der Waals surface area contributed by atoms with Gasteiger partial charge in [0.05, 0.1) is 0 Å². The summed E-state index contributed by atoms with van der Waals surface area (Å²) in [7, 11) is 1.65. The van der Waals surface area contributed by atoms with Gasteiger partial charge in [0.15, 0.2) is 6.20 Å². The van der Waals surface area contributed by atoms with Crippen LogP contribution in [0.15, 0.2) is 24.4 Å². The molecule has 1 heterocycles. The molecule has 0 aliphatic heterocycles. The summed E-state index contributed by atoms with van der Waals surface area (Å²) < 4.78 is 62.0. The number of hydrogen-bond acceptors (Lipinski definition) is 0. The summed E-state index contributed by atoms with van der Waals surface area (Å²) in [6.07, 6.45) is 1.27. The first kappa shape index (κ1) is 9.34. The van der Waals surface area contributed by atoms with E-state index < -0.39 is 24.9 Å². The van der Waals surface area contributed by atoms with Crippen LogP contribution in [0, 0.1) is 26.4 Å². The van der Waals surface area contributed by atoms with Gasteiger partial charge in [-0.3, -0.25) is 0 Å². The highest BCUT2D eigenvalue weighted by atomic mass is 19.1. The molecule has 0 spiro atoms. The van der Waals surface area contributed by atoms with Crippen LogP contribution in [0.5, 0.6) is 0 Å². The summed E-state index contributed by atoms with van der Waals surface area (Å²) >= 11 is 0. The molecule has 112 valence electrons. The smallest absolute Gasteiger partial charge is 0.206 e. The first-order chi connectivity index (χ1) is 12.0. The first-order valence-corrected chi connectivity index (χ1v) is 6.89. The first-order valence-electron chi connectivity index (χ1n) is 9.89. The molecule has 21 heavy (non-hydrogen) atoms. The molecule has 0 aliphatic rings. The molecule has 0 aliphatic carbocycles. The van der Waals surface area contributed by atoms with Crippen molar-refractivity contribution in [3.8, 4) is 11.3 Å². The van der Waals surface area contributed by atoms with Crippen LogP contribution in [0.2, 0.25) is 0 Å². The van der Waals surface area contributed by atoms with Crippen LogP contribution >= 0.6 is 0 Å². The van der Waals surface area contributed by atoms with E-state index >= 15 is 0 Å². The molecule has 1 aromatic carbocycles. The highest BCUT2D eigenvalue weighted by molar-refractivity contribution is 5.64. The van der Waals surface area contributed by atoms with E-state index in [9.17, 15) is 4.39 Å². The normalized spacial score (nSPS) is 17.2. The van der Waals surface area contributed by atoms with Crippen molar-refractivity contribution in [1.29, 1.82) is 0 Å². The fraction of sp³-hybridized carbons (Fsp3) is 0.421. The summed E-state index contributed by atoms with van der Waals surface area (Å²) in [4.78, 5) is 0. The molecule has 0 N–H and O–H groups in total. The number of benzene rings is 1. The van der Waals surface area contributed by atoms with E-state index in [0.29, 0.717) is 22.4 Å². The van der Waals surface area contributed by atoms with Gasteiger partial charge in [0.1, 0.15) is 12.9 Å². The van der Waals surface area contributed by atoms with Gasteiger partial charge >= 0.3 is 0 Å². The summed E-state index contributed by atoms with van der Waals surface area (Å²) in [6, 6.07) is 4.60.